The zero-order valence-electron chi connectivity index (χ0n) is 11.9. The van der Waals surface area contributed by atoms with E-state index >= 15 is 0 Å². The van der Waals surface area contributed by atoms with Crippen LogP contribution in [0.5, 0.6) is 23.0 Å². The van der Waals surface area contributed by atoms with Gasteiger partial charge >= 0.3 is 0 Å². The van der Waals surface area contributed by atoms with Crippen LogP contribution < -0.4 is 9.47 Å². The first-order valence-electron chi connectivity index (χ1n) is 6.48. The lowest BCUT2D eigenvalue weighted by molar-refractivity contribution is 0.0844. The summed E-state index contributed by atoms with van der Waals surface area (Å²) >= 11 is 0. The Hall–Kier alpha value is -2.73. The molecule has 0 bridgehead atoms. The van der Waals surface area contributed by atoms with Gasteiger partial charge in [0.1, 0.15) is 34.7 Å². The Labute approximate surface area is 126 Å². The second-order valence-corrected chi connectivity index (χ2v) is 4.84. The molecule has 1 aliphatic rings. The molecule has 2 aromatic carbocycles. The van der Waals surface area contributed by atoms with Crippen LogP contribution in [-0.4, -0.2) is 28.6 Å². The summed E-state index contributed by atoms with van der Waals surface area (Å²) in [6, 6.07) is 9.47. The standard InChI is InChI=1S/C16H14O5.H2O/c1-20-11-6-12(18)16-13(19)8-14(21-15(16)7-11)9-2-4-10(17)5-3-9;/h2-7,14,17-18H,8H2,1H3;1H2. The first-order valence-corrected chi connectivity index (χ1v) is 6.48. The maximum Gasteiger partial charge on any atom is 0.174 e. The number of phenolic OH excluding ortho intramolecular Hbond substituents is 2. The lowest BCUT2D eigenvalue weighted by atomic mass is 9.95. The molecule has 0 amide bonds. The van der Waals surface area contributed by atoms with Gasteiger partial charge in [-0.05, 0) is 17.7 Å². The molecule has 1 atom stereocenters. The monoisotopic (exact) mass is 304 g/mol. The van der Waals surface area contributed by atoms with Gasteiger partial charge in [-0.25, -0.2) is 0 Å². The van der Waals surface area contributed by atoms with Crippen LogP contribution in [0.25, 0.3) is 0 Å². The number of carbonyl (C=O) groups is 1. The Kier molecular flexibility index (Phi) is 4.23. The van der Waals surface area contributed by atoms with Crippen molar-refractivity contribution in [1.82, 2.24) is 0 Å². The summed E-state index contributed by atoms with van der Waals surface area (Å²) in [4.78, 5) is 12.2. The molecule has 0 aliphatic carbocycles. The van der Waals surface area contributed by atoms with E-state index in [1.807, 2.05) is 0 Å². The van der Waals surface area contributed by atoms with Gasteiger partial charge in [0.2, 0.25) is 0 Å². The lowest BCUT2D eigenvalue weighted by Gasteiger charge is -2.26. The quantitative estimate of drug-likeness (QED) is 0.882. The number of ether oxygens (including phenoxy) is 2. The summed E-state index contributed by atoms with van der Waals surface area (Å²) in [7, 11) is 1.48. The molecule has 1 aliphatic heterocycles. The largest absolute Gasteiger partial charge is 0.508 e. The second-order valence-electron chi connectivity index (χ2n) is 4.84. The van der Waals surface area contributed by atoms with Crippen molar-refractivity contribution in [2.75, 3.05) is 7.11 Å². The van der Waals surface area contributed by atoms with E-state index in [2.05, 4.69) is 0 Å². The van der Waals surface area contributed by atoms with Crippen molar-refractivity contribution in [2.45, 2.75) is 12.5 Å². The Bertz CT molecular complexity index is 693. The minimum absolute atomic E-state index is 0. The molecule has 0 saturated carbocycles. The van der Waals surface area contributed by atoms with Gasteiger partial charge in [-0.2, -0.15) is 0 Å². The highest BCUT2D eigenvalue weighted by Crippen LogP contribution is 2.41. The van der Waals surface area contributed by atoms with Gasteiger partial charge < -0.3 is 25.2 Å². The first kappa shape index (κ1) is 15.7. The average Bonchev–Trinajstić information content (AvgIpc) is 2.46. The van der Waals surface area contributed by atoms with E-state index in [1.165, 1.54) is 13.2 Å². The number of ketones is 1. The van der Waals surface area contributed by atoms with Crippen molar-refractivity contribution in [3.05, 3.63) is 47.5 Å². The molecule has 22 heavy (non-hydrogen) atoms. The smallest absolute Gasteiger partial charge is 0.174 e. The van der Waals surface area contributed by atoms with Gasteiger partial charge in [-0.1, -0.05) is 12.1 Å². The van der Waals surface area contributed by atoms with Crippen molar-refractivity contribution in [2.24, 2.45) is 0 Å². The van der Waals surface area contributed by atoms with Crippen molar-refractivity contribution in [3.8, 4) is 23.0 Å². The topological polar surface area (TPSA) is 107 Å². The summed E-state index contributed by atoms with van der Waals surface area (Å²) in [5, 5.41) is 19.2. The van der Waals surface area contributed by atoms with Crippen molar-refractivity contribution in [3.63, 3.8) is 0 Å². The zero-order valence-corrected chi connectivity index (χ0v) is 11.9. The first-order chi connectivity index (χ1) is 10.1. The molecule has 1 heterocycles. The van der Waals surface area contributed by atoms with Crippen LogP contribution in [0.3, 0.4) is 0 Å². The number of phenols is 2. The third kappa shape index (κ3) is 2.68. The van der Waals surface area contributed by atoms with Crippen LogP contribution in [0.4, 0.5) is 0 Å². The Morgan fingerprint density at radius 3 is 2.50 bits per heavy atom. The molecule has 0 fully saturated rings. The number of benzene rings is 2. The van der Waals surface area contributed by atoms with E-state index < -0.39 is 6.10 Å². The molecule has 0 saturated heterocycles. The molecule has 0 spiro atoms. The number of fused-ring (bicyclic) bond motifs is 1. The van der Waals surface area contributed by atoms with Crippen LogP contribution in [-0.2, 0) is 0 Å². The third-order valence-corrected chi connectivity index (χ3v) is 3.47. The van der Waals surface area contributed by atoms with Gasteiger partial charge in [-0.3, -0.25) is 4.79 Å². The number of hydrogen-bond donors (Lipinski definition) is 2. The molecule has 6 heteroatoms. The van der Waals surface area contributed by atoms with Gasteiger partial charge in [-0.15, -0.1) is 0 Å². The zero-order chi connectivity index (χ0) is 15.0. The number of aromatic hydroxyl groups is 2. The fourth-order valence-electron chi connectivity index (χ4n) is 2.41. The number of rotatable bonds is 2. The number of hydrogen-bond acceptors (Lipinski definition) is 5. The van der Waals surface area contributed by atoms with E-state index in [1.54, 1.807) is 30.3 Å². The van der Waals surface area contributed by atoms with Crippen LogP contribution in [0.15, 0.2) is 36.4 Å². The molecular weight excluding hydrogens is 288 g/mol. The molecule has 3 rings (SSSR count). The summed E-state index contributed by atoms with van der Waals surface area (Å²) < 4.78 is 10.9. The normalized spacial score (nSPS) is 16.2. The fourth-order valence-corrected chi connectivity index (χ4v) is 2.41. The molecule has 0 radical (unpaired) electrons. The fraction of sp³-hybridized carbons (Fsp3) is 0.188. The van der Waals surface area contributed by atoms with Crippen LogP contribution >= 0.6 is 0 Å². The predicted octanol–water partition coefficient (Wildman–Crippen LogP) is 1.99. The van der Waals surface area contributed by atoms with Gasteiger partial charge in [0.15, 0.2) is 5.78 Å². The van der Waals surface area contributed by atoms with E-state index in [0.29, 0.717) is 11.5 Å². The van der Waals surface area contributed by atoms with E-state index in [-0.39, 0.29) is 34.7 Å². The molecule has 116 valence electrons. The maximum absolute atomic E-state index is 12.2. The summed E-state index contributed by atoms with van der Waals surface area (Å²) in [6.45, 7) is 0. The average molecular weight is 304 g/mol. The SMILES string of the molecule is COc1cc(O)c2c(c1)OC(c1ccc(O)cc1)CC2=O.O. The van der Waals surface area contributed by atoms with Crippen LogP contribution in [0.1, 0.15) is 28.4 Å². The number of Topliss-reactive ketones (excluding diaryl/α,β-unsaturated/α-hetero) is 1. The molecule has 6 nitrogen and oxygen atoms in total. The van der Waals surface area contributed by atoms with Crippen molar-refractivity contribution >= 4 is 5.78 Å². The van der Waals surface area contributed by atoms with Gasteiger partial charge in [0, 0.05) is 12.1 Å². The van der Waals surface area contributed by atoms with Crippen molar-refractivity contribution < 1.29 is 30.0 Å². The second kappa shape index (κ2) is 5.95. The molecule has 4 N–H and O–H groups in total. The Morgan fingerprint density at radius 2 is 1.86 bits per heavy atom. The van der Waals surface area contributed by atoms with Crippen LogP contribution in [0, 0.1) is 0 Å². The number of carbonyl (C=O) groups excluding carboxylic acids is 1. The summed E-state index contributed by atoms with van der Waals surface area (Å²) in [5.74, 6) is 0.556. The highest BCUT2D eigenvalue weighted by molar-refractivity contribution is 6.02. The van der Waals surface area contributed by atoms with Gasteiger partial charge in [0.05, 0.1) is 13.5 Å². The molecule has 0 aromatic heterocycles. The van der Waals surface area contributed by atoms with Crippen molar-refractivity contribution in [1.29, 1.82) is 0 Å². The summed E-state index contributed by atoms with van der Waals surface area (Å²) in [5.41, 5.74) is 0.972. The molecular formula is C16H16O6. The van der Waals surface area contributed by atoms with E-state index in [0.717, 1.165) is 5.56 Å². The van der Waals surface area contributed by atoms with Crippen LogP contribution in [0.2, 0.25) is 0 Å². The number of methoxy groups -OCH3 is 1. The Balaban J connectivity index is 0.00000176. The van der Waals surface area contributed by atoms with E-state index in [4.69, 9.17) is 9.47 Å². The summed E-state index contributed by atoms with van der Waals surface area (Å²) in [6.07, 6.45) is -0.311. The maximum atomic E-state index is 12.2. The molecule has 1 unspecified atom stereocenters. The predicted molar refractivity (Wildman–Crippen MR) is 78.7 cm³/mol. The Morgan fingerprint density at radius 1 is 1.18 bits per heavy atom. The third-order valence-electron chi connectivity index (χ3n) is 3.47. The minimum Gasteiger partial charge on any atom is -0.508 e. The highest BCUT2D eigenvalue weighted by atomic mass is 16.5. The van der Waals surface area contributed by atoms with E-state index in [9.17, 15) is 15.0 Å². The lowest BCUT2D eigenvalue weighted by Crippen LogP contribution is -2.20. The van der Waals surface area contributed by atoms with Gasteiger partial charge in [0.25, 0.3) is 0 Å². The minimum atomic E-state index is -0.447. The molecule has 2 aromatic rings. The highest BCUT2D eigenvalue weighted by Gasteiger charge is 2.30.